The molecule has 2 aromatic rings. The molecule has 0 aromatic heterocycles. The van der Waals surface area contributed by atoms with Gasteiger partial charge in [-0.2, -0.15) is 0 Å². The largest absolute Gasteiger partial charge is 0.303 e. The maximum atomic E-state index is 2.62. The van der Waals surface area contributed by atoms with Crippen molar-refractivity contribution < 1.29 is 0 Å². The lowest BCUT2D eigenvalue weighted by molar-refractivity contribution is 0.233. The van der Waals surface area contributed by atoms with Crippen molar-refractivity contribution in [3.63, 3.8) is 0 Å². The highest BCUT2D eigenvalue weighted by molar-refractivity contribution is 5.79. The van der Waals surface area contributed by atoms with Crippen molar-refractivity contribution in [2.75, 3.05) is 39.3 Å². The molecular formula is C31H40N2. The van der Waals surface area contributed by atoms with E-state index in [0.717, 1.165) is 19.3 Å². The molecule has 0 amide bonds. The summed E-state index contributed by atoms with van der Waals surface area (Å²) in [7, 11) is 0. The number of hydrogen-bond acceptors (Lipinski definition) is 2. The monoisotopic (exact) mass is 440 g/mol. The third-order valence-corrected chi connectivity index (χ3v) is 7.67. The highest BCUT2D eigenvalue weighted by Gasteiger charge is 2.18. The molecule has 3 aliphatic rings. The predicted molar refractivity (Wildman–Crippen MR) is 143 cm³/mol. The van der Waals surface area contributed by atoms with E-state index in [1.807, 2.05) is 0 Å². The third-order valence-electron chi connectivity index (χ3n) is 7.67. The molecule has 5 rings (SSSR count). The van der Waals surface area contributed by atoms with Crippen molar-refractivity contribution in [3.05, 3.63) is 70.8 Å². The van der Waals surface area contributed by atoms with Crippen LogP contribution < -0.4 is 0 Å². The summed E-state index contributed by atoms with van der Waals surface area (Å²) in [5.41, 5.74) is 8.51. The SMILES string of the molecule is C(=C\c1ccc2c(c1)Cc1cc(/C=C/CCN3CCCCC3)ccc1-2)/CCN1CCCCC1. The molecule has 2 heteroatoms. The van der Waals surface area contributed by atoms with E-state index in [2.05, 4.69) is 70.5 Å². The van der Waals surface area contributed by atoms with Gasteiger partial charge >= 0.3 is 0 Å². The maximum Gasteiger partial charge on any atom is 0.00160 e. The van der Waals surface area contributed by atoms with Crippen LogP contribution >= 0.6 is 0 Å². The first-order valence-corrected chi connectivity index (χ1v) is 13.4. The minimum atomic E-state index is 1.07. The van der Waals surface area contributed by atoms with Crippen LogP contribution in [0.5, 0.6) is 0 Å². The molecule has 0 unspecified atom stereocenters. The Morgan fingerprint density at radius 3 is 1.48 bits per heavy atom. The van der Waals surface area contributed by atoms with Crippen molar-refractivity contribution in [2.24, 2.45) is 0 Å². The number of fused-ring (bicyclic) bond motifs is 3. The molecule has 0 saturated carbocycles. The highest BCUT2D eigenvalue weighted by Crippen LogP contribution is 2.37. The molecule has 174 valence electrons. The van der Waals surface area contributed by atoms with Crippen LogP contribution in [0.3, 0.4) is 0 Å². The minimum absolute atomic E-state index is 1.07. The summed E-state index contributed by atoms with van der Waals surface area (Å²) in [5.74, 6) is 0. The van der Waals surface area contributed by atoms with Gasteiger partial charge in [-0.05, 0) is 105 Å². The van der Waals surface area contributed by atoms with Crippen molar-refractivity contribution in [3.8, 4) is 11.1 Å². The molecule has 0 N–H and O–H groups in total. The van der Waals surface area contributed by atoms with Gasteiger partial charge in [-0.25, -0.2) is 0 Å². The van der Waals surface area contributed by atoms with Gasteiger partial charge in [0.1, 0.15) is 0 Å². The van der Waals surface area contributed by atoms with E-state index in [9.17, 15) is 0 Å². The number of hydrogen-bond donors (Lipinski definition) is 0. The average molecular weight is 441 g/mol. The zero-order valence-electron chi connectivity index (χ0n) is 20.3. The van der Waals surface area contributed by atoms with Crippen LogP contribution in [0.2, 0.25) is 0 Å². The first-order chi connectivity index (χ1) is 16.3. The van der Waals surface area contributed by atoms with E-state index in [-0.39, 0.29) is 0 Å². The van der Waals surface area contributed by atoms with Crippen molar-refractivity contribution >= 4 is 12.2 Å². The molecule has 2 aromatic carbocycles. The summed E-state index contributed by atoms with van der Waals surface area (Å²) in [6.07, 6.45) is 21.1. The van der Waals surface area contributed by atoms with Gasteiger partial charge in [0, 0.05) is 13.1 Å². The smallest absolute Gasteiger partial charge is 0.00160 e. The second-order valence-electron chi connectivity index (χ2n) is 10.2. The second kappa shape index (κ2) is 11.3. The van der Waals surface area contributed by atoms with Gasteiger partial charge < -0.3 is 9.80 Å². The zero-order valence-corrected chi connectivity index (χ0v) is 20.3. The van der Waals surface area contributed by atoms with Crippen LogP contribution in [0, 0.1) is 0 Å². The molecule has 1 aliphatic carbocycles. The van der Waals surface area contributed by atoms with E-state index in [1.54, 1.807) is 0 Å². The van der Waals surface area contributed by atoms with Gasteiger partial charge in [-0.3, -0.25) is 0 Å². The Bertz CT molecular complexity index is 895. The zero-order chi connectivity index (χ0) is 22.3. The lowest BCUT2D eigenvalue weighted by atomic mass is 10.0. The van der Waals surface area contributed by atoms with Gasteiger partial charge in [0.05, 0.1) is 0 Å². The predicted octanol–water partition coefficient (Wildman–Crippen LogP) is 7.04. The Morgan fingerprint density at radius 2 is 1.03 bits per heavy atom. The topological polar surface area (TPSA) is 6.48 Å². The Morgan fingerprint density at radius 1 is 0.576 bits per heavy atom. The van der Waals surface area contributed by atoms with Crippen molar-refractivity contribution in [1.82, 2.24) is 9.80 Å². The lowest BCUT2D eigenvalue weighted by Crippen LogP contribution is -2.30. The Hall–Kier alpha value is -2.16. The van der Waals surface area contributed by atoms with E-state index >= 15 is 0 Å². The minimum Gasteiger partial charge on any atom is -0.303 e. The lowest BCUT2D eigenvalue weighted by Gasteiger charge is -2.25. The standard InChI is InChI=1S/C31H40N2/c1-5-17-32(18-6-1)21-9-3-11-26-13-15-30-28(23-26)25-29-24-27(14-16-31(29)30)12-4-10-22-33-19-7-2-8-20-33/h3-4,11-16,23-24H,1-2,5-10,17-22,25H2/b11-3+,12-4+. The van der Waals surface area contributed by atoms with Crippen molar-refractivity contribution in [2.45, 2.75) is 57.8 Å². The van der Waals surface area contributed by atoms with Crippen LogP contribution in [-0.4, -0.2) is 49.1 Å². The quantitative estimate of drug-likeness (QED) is 0.371. The first-order valence-electron chi connectivity index (χ1n) is 13.4. The van der Waals surface area contributed by atoms with Gasteiger partial charge in [0.25, 0.3) is 0 Å². The average Bonchev–Trinajstić information content (AvgIpc) is 3.23. The van der Waals surface area contributed by atoms with Crippen LogP contribution in [0.1, 0.15) is 73.6 Å². The summed E-state index contributed by atoms with van der Waals surface area (Å²) >= 11 is 0. The summed E-state index contributed by atoms with van der Waals surface area (Å²) < 4.78 is 0. The third kappa shape index (κ3) is 6.05. The van der Waals surface area contributed by atoms with E-state index in [4.69, 9.17) is 0 Å². The van der Waals surface area contributed by atoms with E-state index < -0.39 is 0 Å². The van der Waals surface area contributed by atoms with Gasteiger partial charge in [-0.1, -0.05) is 73.5 Å². The molecule has 0 atom stereocenters. The fourth-order valence-corrected chi connectivity index (χ4v) is 5.78. The van der Waals surface area contributed by atoms with Gasteiger partial charge in [0.2, 0.25) is 0 Å². The fraction of sp³-hybridized carbons (Fsp3) is 0.484. The number of piperidine rings is 2. The molecule has 2 fully saturated rings. The summed E-state index contributed by atoms with van der Waals surface area (Å²) in [6.45, 7) is 7.59. The summed E-state index contributed by atoms with van der Waals surface area (Å²) in [5, 5.41) is 0. The molecular weight excluding hydrogens is 400 g/mol. The second-order valence-corrected chi connectivity index (χ2v) is 10.2. The van der Waals surface area contributed by atoms with Crippen LogP contribution in [0.25, 0.3) is 23.3 Å². The molecule has 0 bridgehead atoms. The Kier molecular flexibility index (Phi) is 7.76. The Balaban J connectivity index is 1.14. The van der Waals surface area contributed by atoms with Gasteiger partial charge in [0.15, 0.2) is 0 Å². The van der Waals surface area contributed by atoms with Crippen LogP contribution in [0.15, 0.2) is 48.6 Å². The number of benzene rings is 2. The van der Waals surface area contributed by atoms with Crippen molar-refractivity contribution in [1.29, 1.82) is 0 Å². The first kappa shape index (κ1) is 22.6. The molecule has 2 saturated heterocycles. The molecule has 33 heavy (non-hydrogen) atoms. The maximum absolute atomic E-state index is 2.62. The van der Waals surface area contributed by atoms with E-state index in [1.165, 1.54) is 111 Å². The number of likely N-dealkylation sites (tertiary alicyclic amines) is 2. The molecule has 0 radical (unpaired) electrons. The summed E-state index contributed by atoms with van der Waals surface area (Å²) in [6, 6.07) is 14.1. The van der Waals surface area contributed by atoms with Crippen LogP contribution in [-0.2, 0) is 6.42 Å². The molecule has 2 nitrogen and oxygen atoms in total. The Labute approximate surface area is 201 Å². The number of nitrogens with zero attached hydrogens (tertiary/aromatic N) is 2. The van der Waals surface area contributed by atoms with Crippen LogP contribution in [0.4, 0.5) is 0 Å². The van der Waals surface area contributed by atoms with Gasteiger partial charge in [-0.15, -0.1) is 0 Å². The fourth-order valence-electron chi connectivity index (χ4n) is 5.78. The summed E-state index contributed by atoms with van der Waals surface area (Å²) in [4.78, 5) is 5.24. The molecule has 2 aliphatic heterocycles. The number of rotatable bonds is 8. The normalized spacial score (nSPS) is 19.4. The highest BCUT2D eigenvalue weighted by atomic mass is 15.1. The molecule has 2 heterocycles. The molecule has 0 spiro atoms. The van der Waals surface area contributed by atoms with E-state index in [0.29, 0.717) is 0 Å².